The number of hydrogen-bond acceptors (Lipinski definition) is 1. The maximum absolute atomic E-state index is 6.34. The van der Waals surface area contributed by atoms with E-state index in [1.54, 1.807) is 0 Å². The third-order valence-electron chi connectivity index (χ3n) is 4.84. The van der Waals surface area contributed by atoms with Gasteiger partial charge in [0.05, 0.1) is 0 Å². The zero-order valence-corrected chi connectivity index (χ0v) is 14.3. The van der Waals surface area contributed by atoms with Crippen molar-refractivity contribution in [2.45, 2.75) is 58.0 Å². The number of hydrogen-bond donors (Lipinski definition) is 0. The molecule has 1 heteroatoms. The Labute approximate surface area is 140 Å². The molecule has 23 heavy (non-hydrogen) atoms. The van der Waals surface area contributed by atoms with E-state index in [2.05, 4.69) is 55.5 Å². The Morgan fingerprint density at radius 3 is 2.00 bits per heavy atom. The molecule has 1 nitrogen and oxygen atoms in total. The van der Waals surface area contributed by atoms with Crippen LogP contribution in [-0.4, -0.2) is 6.61 Å². The van der Waals surface area contributed by atoms with E-state index in [1.807, 2.05) is 0 Å². The lowest BCUT2D eigenvalue weighted by atomic mass is 9.84. The summed E-state index contributed by atoms with van der Waals surface area (Å²) in [6, 6.07) is 17.5. The Balaban J connectivity index is 1.62. The van der Waals surface area contributed by atoms with Gasteiger partial charge in [-0.3, -0.25) is 0 Å². The largest absolute Gasteiger partial charge is 0.369 e. The standard InChI is InChI=1S/C22H28O/c1-2-3-4-5-6-11-16-23-22-20-14-9-7-12-18(20)17-19-13-8-10-15-21(19)22/h7-10,12-15,22H,2-6,11,16-17H2,1H3. The van der Waals surface area contributed by atoms with Gasteiger partial charge in [-0.15, -0.1) is 0 Å². The van der Waals surface area contributed by atoms with Crippen molar-refractivity contribution in [2.24, 2.45) is 0 Å². The topological polar surface area (TPSA) is 9.23 Å². The minimum atomic E-state index is 0.117. The Morgan fingerprint density at radius 2 is 1.35 bits per heavy atom. The molecule has 1 aliphatic carbocycles. The minimum absolute atomic E-state index is 0.117. The predicted octanol–water partition coefficient (Wildman–Crippen LogP) is 6.06. The molecule has 0 saturated carbocycles. The van der Waals surface area contributed by atoms with E-state index in [1.165, 1.54) is 60.8 Å². The van der Waals surface area contributed by atoms with Crippen LogP contribution in [0.2, 0.25) is 0 Å². The normalized spacial score (nSPS) is 13.6. The number of rotatable bonds is 8. The van der Waals surface area contributed by atoms with E-state index in [4.69, 9.17) is 4.74 Å². The highest BCUT2D eigenvalue weighted by Gasteiger charge is 2.25. The fourth-order valence-electron chi connectivity index (χ4n) is 3.54. The van der Waals surface area contributed by atoms with Crippen molar-refractivity contribution < 1.29 is 4.74 Å². The molecule has 0 aliphatic heterocycles. The fourth-order valence-corrected chi connectivity index (χ4v) is 3.54. The van der Waals surface area contributed by atoms with E-state index in [0.717, 1.165) is 13.0 Å². The predicted molar refractivity (Wildman–Crippen MR) is 96.9 cm³/mol. The lowest BCUT2D eigenvalue weighted by Crippen LogP contribution is -2.16. The van der Waals surface area contributed by atoms with Crippen molar-refractivity contribution in [3.8, 4) is 0 Å². The van der Waals surface area contributed by atoms with Crippen molar-refractivity contribution in [1.29, 1.82) is 0 Å². The second kappa shape index (κ2) is 8.31. The van der Waals surface area contributed by atoms with Crippen LogP contribution in [-0.2, 0) is 11.2 Å². The van der Waals surface area contributed by atoms with Gasteiger partial charge in [0.25, 0.3) is 0 Å². The zero-order valence-electron chi connectivity index (χ0n) is 14.3. The lowest BCUT2D eigenvalue weighted by Gasteiger charge is -2.28. The van der Waals surface area contributed by atoms with Crippen LogP contribution >= 0.6 is 0 Å². The van der Waals surface area contributed by atoms with Gasteiger partial charge in [0.1, 0.15) is 6.10 Å². The molecule has 122 valence electrons. The van der Waals surface area contributed by atoms with Crippen LogP contribution in [0.5, 0.6) is 0 Å². The Kier molecular flexibility index (Phi) is 5.87. The van der Waals surface area contributed by atoms with Crippen LogP contribution in [0.15, 0.2) is 48.5 Å². The van der Waals surface area contributed by atoms with Crippen molar-refractivity contribution >= 4 is 0 Å². The maximum atomic E-state index is 6.34. The number of benzene rings is 2. The number of ether oxygens (including phenoxy) is 1. The minimum Gasteiger partial charge on any atom is -0.369 e. The highest BCUT2D eigenvalue weighted by Crippen LogP contribution is 2.37. The average molecular weight is 308 g/mol. The Hall–Kier alpha value is -1.60. The van der Waals surface area contributed by atoms with Crippen molar-refractivity contribution in [3.63, 3.8) is 0 Å². The van der Waals surface area contributed by atoms with Gasteiger partial charge >= 0.3 is 0 Å². The molecule has 2 aromatic carbocycles. The SMILES string of the molecule is CCCCCCCCOC1c2ccccc2Cc2ccccc21. The smallest absolute Gasteiger partial charge is 0.108 e. The molecule has 0 saturated heterocycles. The average Bonchev–Trinajstić information content (AvgIpc) is 2.60. The highest BCUT2D eigenvalue weighted by atomic mass is 16.5. The van der Waals surface area contributed by atoms with Gasteiger partial charge in [-0.1, -0.05) is 87.6 Å². The van der Waals surface area contributed by atoms with E-state index in [0.29, 0.717) is 0 Å². The molecule has 0 spiro atoms. The van der Waals surface area contributed by atoms with Gasteiger partial charge < -0.3 is 4.74 Å². The van der Waals surface area contributed by atoms with E-state index < -0.39 is 0 Å². The second-order valence-electron chi connectivity index (χ2n) is 6.59. The lowest BCUT2D eigenvalue weighted by molar-refractivity contribution is 0.0743. The summed E-state index contributed by atoms with van der Waals surface area (Å²) < 4.78 is 6.34. The van der Waals surface area contributed by atoms with Gasteiger partial charge in [-0.25, -0.2) is 0 Å². The van der Waals surface area contributed by atoms with Gasteiger partial charge in [0.2, 0.25) is 0 Å². The summed E-state index contributed by atoms with van der Waals surface area (Å²) in [5.74, 6) is 0. The van der Waals surface area contributed by atoms with E-state index in [-0.39, 0.29) is 6.10 Å². The van der Waals surface area contributed by atoms with Crippen molar-refractivity contribution in [1.82, 2.24) is 0 Å². The first-order valence-corrected chi connectivity index (χ1v) is 9.17. The molecule has 0 unspecified atom stereocenters. The van der Waals surface area contributed by atoms with Crippen LogP contribution in [0.1, 0.15) is 73.8 Å². The maximum Gasteiger partial charge on any atom is 0.108 e. The Bertz CT molecular complexity index is 571. The van der Waals surface area contributed by atoms with Crippen LogP contribution in [0.4, 0.5) is 0 Å². The third-order valence-corrected chi connectivity index (χ3v) is 4.84. The fraction of sp³-hybridized carbons (Fsp3) is 0.455. The summed E-state index contributed by atoms with van der Waals surface area (Å²) in [4.78, 5) is 0. The van der Waals surface area contributed by atoms with E-state index >= 15 is 0 Å². The summed E-state index contributed by atoms with van der Waals surface area (Å²) in [5.41, 5.74) is 5.55. The molecule has 0 bridgehead atoms. The second-order valence-corrected chi connectivity index (χ2v) is 6.59. The quantitative estimate of drug-likeness (QED) is 0.539. The van der Waals surface area contributed by atoms with E-state index in [9.17, 15) is 0 Å². The van der Waals surface area contributed by atoms with Crippen molar-refractivity contribution in [2.75, 3.05) is 6.61 Å². The summed E-state index contributed by atoms with van der Waals surface area (Å²) in [7, 11) is 0. The van der Waals surface area contributed by atoms with Crippen LogP contribution < -0.4 is 0 Å². The van der Waals surface area contributed by atoms with Gasteiger partial charge in [0.15, 0.2) is 0 Å². The Morgan fingerprint density at radius 1 is 0.783 bits per heavy atom. The first-order valence-electron chi connectivity index (χ1n) is 9.17. The first kappa shape index (κ1) is 16.3. The van der Waals surface area contributed by atoms with Crippen LogP contribution in [0.25, 0.3) is 0 Å². The monoisotopic (exact) mass is 308 g/mol. The summed E-state index contributed by atoms with van der Waals surface area (Å²) in [6.45, 7) is 3.13. The van der Waals surface area contributed by atoms with Gasteiger partial charge in [-0.2, -0.15) is 0 Å². The molecule has 0 aromatic heterocycles. The number of fused-ring (bicyclic) bond motifs is 2. The summed E-state index contributed by atoms with van der Waals surface area (Å²) in [5, 5.41) is 0. The molecule has 0 N–H and O–H groups in total. The van der Waals surface area contributed by atoms with Crippen molar-refractivity contribution in [3.05, 3.63) is 70.8 Å². The number of unbranched alkanes of at least 4 members (excludes halogenated alkanes) is 5. The summed E-state index contributed by atoms with van der Waals surface area (Å²) in [6.07, 6.45) is 8.99. The molecule has 3 rings (SSSR count). The molecule has 0 fully saturated rings. The molecule has 1 aliphatic rings. The molecule has 0 atom stereocenters. The highest BCUT2D eigenvalue weighted by molar-refractivity contribution is 5.47. The van der Waals surface area contributed by atoms with Gasteiger partial charge in [-0.05, 0) is 35.1 Å². The van der Waals surface area contributed by atoms with Crippen LogP contribution in [0.3, 0.4) is 0 Å². The zero-order chi connectivity index (χ0) is 15.9. The van der Waals surface area contributed by atoms with Gasteiger partial charge in [0, 0.05) is 6.61 Å². The van der Waals surface area contributed by atoms with Crippen LogP contribution in [0, 0.1) is 0 Å². The third kappa shape index (κ3) is 4.03. The first-order chi connectivity index (χ1) is 11.4. The molecular formula is C22H28O. The molecular weight excluding hydrogens is 280 g/mol. The molecule has 2 aromatic rings. The molecule has 0 amide bonds. The molecule has 0 heterocycles. The molecule has 0 radical (unpaired) electrons. The summed E-state index contributed by atoms with van der Waals surface area (Å²) >= 11 is 0.